The first kappa shape index (κ1) is 17.3. The maximum absolute atomic E-state index is 13.1. The van der Waals surface area contributed by atoms with Crippen molar-refractivity contribution in [1.82, 2.24) is 5.32 Å². The Morgan fingerprint density at radius 2 is 1.96 bits per heavy atom. The fourth-order valence-electron chi connectivity index (χ4n) is 1.91. The maximum atomic E-state index is 13.1. The Morgan fingerprint density at radius 3 is 2.65 bits per heavy atom. The minimum Gasteiger partial charge on any atom is -0.345 e. The van der Waals surface area contributed by atoms with Crippen molar-refractivity contribution >= 4 is 29.1 Å². The van der Waals surface area contributed by atoms with E-state index < -0.39 is 0 Å². The minimum atomic E-state index is -0.382. The topological polar surface area (TPSA) is 29.1 Å². The van der Waals surface area contributed by atoms with Crippen LogP contribution < -0.4 is 5.32 Å². The first-order valence-corrected chi connectivity index (χ1v) is 7.71. The Kier molecular flexibility index (Phi) is 6.04. The van der Waals surface area contributed by atoms with Crippen molar-refractivity contribution < 1.29 is 9.18 Å². The van der Waals surface area contributed by atoms with Crippen LogP contribution in [0.3, 0.4) is 0 Å². The number of halogens is 3. The van der Waals surface area contributed by atoms with Gasteiger partial charge in [0.05, 0.1) is 10.0 Å². The molecule has 0 aliphatic rings. The van der Waals surface area contributed by atoms with E-state index in [1.807, 2.05) is 6.07 Å². The molecule has 1 N–H and O–H groups in total. The number of nitrogens with one attached hydrogen (secondary N) is 1. The van der Waals surface area contributed by atoms with Crippen LogP contribution in [0, 0.1) is 24.6 Å². The van der Waals surface area contributed by atoms with Crippen molar-refractivity contribution in [3.05, 3.63) is 69.0 Å². The minimum absolute atomic E-state index is 0.290. The highest BCUT2D eigenvalue weighted by atomic mass is 35.5. The molecule has 0 radical (unpaired) electrons. The zero-order valence-electron chi connectivity index (χ0n) is 12.4. The van der Waals surface area contributed by atoms with E-state index in [9.17, 15) is 9.18 Å². The van der Waals surface area contributed by atoms with E-state index in [4.69, 9.17) is 23.2 Å². The van der Waals surface area contributed by atoms with Crippen LogP contribution in [0.15, 0.2) is 36.4 Å². The van der Waals surface area contributed by atoms with Crippen LogP contribution in [0.2, 0.25) is 10.0 Å². The second kappa shape index (κ2) is 8.01. The fourth-order valence-corrected chi connectivity index (χ4v) is 2.23. The average Bonchev–Trinajstić information content (AvgIpc) is 2.52. The number of carbonyl (C=O) groups is 1. The van der Waals surface area contributed by atoms with E-state index in [-0.39, 0.29) is 11.7 Å². The van der Waals surface area contributed by atoms with Gasteiger partial charge in [-0.1, -0.05) is 35.2 Å². The number of aryl methyl sites for hydroxylation is 1. The van der Waals surface area contributed by atoms with Gasteiger partial charge >= 0.3 is 0 Å². The van der Waals surface area contributed by atoms with Gasteiger partial charge in [-0.15, -0.1) is 0 Å². The van der Waals surface area contributed by atoms with Gasteiger partial charge in [-0.25, -0.2) is 4.39 Å². The molecule has 5 heteroatoms. The predicted octanol–water partition coefficient (Wildman–Crippen LogP) is 4.15. The normalized spacial score (nSPS) is 9.91. The first-order chi connectivity index (χ1) is 11.0. The second-order valence-corrected chi connectivity index (χ2v) is 5.78. The molecule has 0 aliphatic carbocycles. The van der Waals surface area contributed by atoms with E-state index in [1.165, 1.54) is 6.07 Å². The molecular weight excluding hydrogens is 336 g/mol. The third-order valence-corrected chi connectivity index (χ3v) is 3.90. The van der Waals surface area contributed by atoms with Gasteiger partial charge in [0.25, 0.3) is 5.91 Å². The summed E-state index contributed by atoms with van der Waals surface area (Å²) in [5, 5.41) is 3.69. The molecule has 0 saturated carbocycles. The molecule has 2 aromatic rings. The molecule has 0 spiro atoms. The van der Waals surface area contributed by atoms with Crippen LogP contribution in [0.5, 0.6) is 0 Å². The third kappa shape index (κ3) is 5.28. The van der Waals surface area contributed by atoms with Gasteiger partial charge in [0.15, 0.2) is 0 Å². The van der Waals surface area contributed by atoms with Gasteiger partial charge in [-0.2, -0.15) is 0 Å². The van der Waals surface area contributed by atoms with E-state index in [2.05, 4.69) is 17.2 Å². The monoisotopic (exact) mass is 349 g/mol. The molecule has 0 atom stereocenters. The van der Waals surface area contributed by atoms with Gasteiger partial charge in [0.2, 0.25) is 0 Å². The molecule has 118 valence electrons. The number of benzene rings is 2. The van der Waals surface area contributed by atoms with E-state index in [0.717, 1.165) is 5.56 Å². The fraction of sp³-hybridized carbons (Fsp3) is 0.167. The Balaban J connectivity index is 1.87. The highest BCUT2D eigenvalue weighted by Gasteiger charge is 2.01. The highest BCUT2D eigenvalue weighted by Crippen LogP contribution is 2.22. The molecule has 23 heavy (non-hydrogen) atoms. The van der Waals surface area contributed by atoms with Crippen molar-refractivity contribution in [2.24, 2.45) is 0 Å². The Hall–Kier alpha value is -2.02. The molecule has 2 nitrogen and oxygen atoms in total. The molecule has 0 aromatic heterocycles. The number of rotatable bonds is 3. The number of hydrogen-bond acceptors (Lipinski definition) is 1. The molecule has 0 saturated heterocycles. The summed E-state index contributed by atoms with van der Waals surface area (Å²) >= 11 is 11.8. The van der Waals surface area contributed by atoms with E-state index in [1.54, 1.807) is 31.2 Å². The summed E-state index contributed by atoms with van der Waals surface area (Å²) in [5.74, 6) is 4.52. The van der Waals surface area contributed by atoms with Crippen molar-refractivity contribution in [2.45, 2.75) is 13.3 Å². The summed E-state index contributed by atoms with van der Waals surface area (Å²) in [4.78, 5) is 11.7. The van der Waals surface area contributed by atoms with Crippen LogP contribution in [0.25, 0.3) is 0 Å². The van der Waals surface area contributed by atoms with Gasteiger partial charge in [-0.3, -0.25) is 4.79 Å². The van der Waals surface area contributed by atoms with Gasteiger partial charge in [0.1, 0.15) is 5.82 Å². The summed E-state index contributed by atoms with van der Waals surface area (Å²) < 4.78 is 13.1. The predicted molar refractivity (Wildman–Crippen MR) is 91.2 cm³/mol. The average molecular weight is 350 g/mol. The van der Waals surface area contributed by atoms with Crippen LogP contribution in [0.4, 0.5) is 4.39 Å². The summed E-state index contributed by atoms with van der Waals surface area (Å²) in [7, 11) is 0. The Morgan fingerprint density at radius 1 is 1.17 bits per heavy atom. The lowest BCUT2D eigenvalue weighted by molar-refractivity contribution is -0.115. The lowest BCUT2D eigenvalue weighted by Crippen LogP contribution is -2.24. The van der Waals surface area contributed by atoms with Crippen LogP contribution in [-0.2, 0) is 11.2 Å². The van der Waals surface area contributed by atoms with Crippen molar-refractivity contribution in [3.8, 4) is 11.8 Å². The molecule has 0 fully saturated rings. The van der Waals surface area contributed by atoms with Crippen molar-refractivity contribution in [2.75, 3.05) is 6.54 Å². The molecule has 0 aliphatic heterocycles. The van der Waals surface area contributed by atoms with E-state index >= 15 is 0 Å². The molecular formula is C18H14Cl2FNO. The molecule has 1 amide bonds. The van der Waals surface area contributed by atoms with Crippen LogP contribution in [-0.4, -0.2) is 12.5 Å². The van der Waals surface area contributed by atoms with Gasteiger partial charge < -0.3 is 5.32 Å². The molecule has 2 aromatic carbocycles. The second-order valence-electron chi connectivity index (χ2n) is 4.97. The molecule has 0 unspecified atom stereocenters. The summed E-state index contributed by atoms with van der Waals surface area (Å²) in [6, 6.07) is 9.82. The molecule has 0 bridgehead atoms. The van der Waals surface area contributed by atoms with Crippen LogP contribution in [0.1, 0.15) is 16.7 Å². The SMILES string of the molecule is Cc1cc(C#CC(=O)NCCc2ccc(Cl)c(Cl)c2)ccc1F. The summed E-state index contributed by atoms with van der Waals surface area (Å²) in [6.45, 7) is 2.09. The zero-order chi connectivity index (χ0) is 16.8. The lowest BCUT2D eigenvalue weighted by Gasteiger charge is -2.03. The standard InChI is InChI=1S/C18H14Cl2FNO/c1-12-10-13(3-6-17(12)21)4-7-18(23)22-9-8-14-2-5-15(19)16(20)11-14/h2-3,5-6,10-11H,8-9H2,1H3,(H,22,23). The molecule has 0 heterocycles. The first-order valence-electron chi connectivity index (χ1n) is 6.95. The Labute approximate surface area is 144 Å². The largest absolute Gasteiger partial charge is 0.345 e. The van der Waals surface area contributed by atoms with Crippen molar-refractivity contribution in [3.63, 3.8) is 0 Å². The number of amides is 1. The van der Waals surface area contributed by atoms with Gasteiger partial charge in [-0.05, 0) is 54.8 Å². The molecule has 2 rings (SSSR count). The van der Waals surface area contributed by atoms with E-state index in [0.29, 0.717) is 34.1 Å². The number of carbonyl (C=O) groups excluding carboxylic acids is 1. The van der Waals surface area contributed by atoms with Crippen molar-refractivity contribution in [1.29, 1.82) is 0 Å². The smallest absolute Gasteiger partial charge is 0.296 e. The lowest BCUT2D eigenvalue weighted by atomic mass is 10.1. The third-order valence-electron chi connectivity index (χ3n) is 3.16. The quantitative estimate of drug-likeness (QED) is 0.828. The van der Waals surface area contributed by atoms with Gasteiger partial charge in [0, 0.05) is 18.0 Å². The zero-order valence-corrected chi connectivity index (χ0v) is 13.9. The Bertz CT molecular complexity index is 793. The number of hydrogen-bond donors (Lipinski definition) is 1. The summed E-state index contributed by atoms with van der Waals surface area (Å²) in [5.41, 5.74) is 2.07. The highest BCUT2D eigenvalue weighted by molar-refractivity contribution is 6.42. The maximum Gasteiger partial charge on any atom is 0.296 e. The summed E-state index contributed by atoms with van der Waals surface area (Å²) in [6.07, 6.45) is 0.625. The van der Waals surface area contributed by atoms with Crippen LogP contribution >= 0.6 is 23.2 Å².